The molecule has 0 bridgehead atoms. The molecule has 0 spiro atoms. The fraction of sp³-hybridized carbons (Fsp3) is 0.417. The maximum atomic E-state index is 13.4. The summed E-state index contributed by atoms with van der Waals surface area (Å²) < 4.78 is 0. The maximum Gasteiger partial charge on any atom is 0.146 e. The molecule has 21 heavy (non-hydrogen) atoms. The lowest BCUT2D eigenvalue weighted by Crippen LogP contribution is -2.66. The minimum atomic E-state index is -1.07. The normalized spacial score (nSPS) is 29.9. The minimum Gasteiger partial charge on any atom is -0.316 e. The third-order valence-corrected chi connectivity index (χ3v) is 6.20. The van der Waals surface area contributed by atoms with Crippen LogP contribution in [0.15, 0.2) is 24.3 Å². The molecule has 1 aliphatic rings. The van der Waals surface area contributed by atoms with Gasteiger partial charge in [0.1, 0.15) is 37.2 Å². The number of halogens is 1. The Morgan fingerprint density at radius 1 is 1.00 bits per heavy atom. The number of nitrogens with two attached hydrogens (primary N) is 1. The van der Waals surface area contributed by atoms with Crippen LogP contribution in [0.2, 0.25) is 20.7 Å². The molecule has 0 aromatic heterocycles. The Labute approximate surface area is 137 Å². The van der Waals surface area contributed by atoms with Gasteiger partial charge in [0, 0.05) is 5.02 Å². The maximum absolute atomic E-state index is 13.4. The van der Waals surface area contributed by atoms with E-state index in [1.165, 1.54) is 0 Å². The highest BCUT2D eigenvalue weighted by Gasteiger charge is 2.62. The molecule has 2 nitrogen and oxygen atoms in total. The predicted octanol–water partition coefficient (Wildman–Crippen LogP) is -3.39. The lowest BCUT2D eigenvalue weighted by molar-refractivity contribution is -0.128. The summed E-state index contributed by atoms with van der Waals surface area (Å²) in [5, 5.41) is -0.417. The van der Waals surface area contributed by atoms with Gasteiger partial charge in [-0.1, -0.05) is 46.6 Å². The second-order valence-electron chi connectivity index (χ2n) is 8.19. The molecule has 2 rings (SSSR count). The van der Waals surface area contributed by atoms with Gasteiger partial charge < -0.3 is 5.73 Å². The van der Waals surface area contributed by atoms with Crippen LogP contribution >= 0.6 is 11.6 Å². The Kier molecular flexibility index (Phi) is 3.83. The average molecular weight is 295 g/mol. The quantitative estimate of drug-likeness (QED) is 0.549. The van der Waals surface area contributed by atoms with E-state index in [1.54, 1.807) is 0 Å². The zero-order valence-electron chi connectivity index (χ0n) is 13.9. The first kappa shape index (κ1) is 16.9. The number of ketones is 1. The summed E-state index contributed by atoms with van der Waals surface area (Å²) in [7, 11) is 12.5. The third kappa shape index (κ3) is 2.17. The van der Waals surface area contributed by atoms with Crippen molar-refractivity contribution in [3.05, 3.63) is 34.9 Å². The topological polar surface area (TPSA) is 43.1 Å². The largest absolute Gasteiger partial charge is 0.316 e. The van der Waals surface area contributed by atoms with Gasteiger partial charge in [0.2, 0.25) is 0 Å². The summed E-state index contributed by atoms with van der Waals surface area (Å²) in [4.78, 5) is 13.4. The summed E-state index contributed by atoms with van der Waals surface area (Å²) >= 11 is 6.37. The van der Waals surface area contributed by atoms with Gasteiger partial charge >= 0.3 is 0 Å². The van der Waals surface area contributed by atoms with E-state index in [2.05, 4.69) is 31.4 Å². The molecule has 0 heterocycles. The Morgan fingerprint density at radius 2 is 1.52 bits per heavy atom. The molecule has 0 radical (unpaired) electrons. The Bertz CT molecular complexity index is 605. The van der Waals surface area contributed by atoms with Crippen LogP contribution in [0.3, 0.4) is 0 Å². The fourth-order valence-electron chi connectivity index (χ4n) is 3.84. The highest BCUT2D eigenvalue weighted by Crippen LogP contribution is 2.63. The number of carbonyl (C=O) groups excluding carboxylic acids is 1. The molecule has 0 aliphatic heterocycles. The van der Waals surface area contributed by atoms with Crippen LogP contribution in [0.1, 0.15) is 12.0 Å². The number of hydrogen-bond acceptors (Lipinski definition) is 2. The summed E-state index contributed by atoms with van der Waals surface area (Å²) in [5.41, 5.74) is 6.44. The Balaban J connectivity index is 2.72. The number of benzene rings is 1. The SMILES string of the molecule is BC1(B)CC(B)(B)C(N)(c2ccccc2Cl)C(=O)C1(B)B. The van der Waals surface area contributed by atoms with E-state index < -0.39 is 10.8 Å². The van der Waals surface area contributed by atoms with Crippen LogP contribution in [0.25, 0.3) is 0 Å². The number of carbonyl (C=O) groups is 1. The van der Waals surface area contributed by atoms with Gasteiger partial charge in [-0.2, -0.15) is 0 Å². The first-order chi connectivity index (χ1) is 9.38. The van der Waals surface area contributed by atoms with Crippen molar-refractivity contribution in [2.75, 3.05) is 0 Å². The van der Waals surface area contributed by atoms with Crippen molar-refractivity contribution in [1.29, 1.82) is 0 Å². The first-order valence-electron chi connectivity index (χ1n) is 7.47. The predicted molar refractivity (Wildman–Crippen MR) is 106 cm³/mol. The molecule has 1 unspecified atom stereocenters. The van der Waals surface area contributed by atoms with E-state index >= 15 is 0 Å². The van der Waals surface area contributed by atoms with E-state index in [1.807, 2.05) is 40.0 Å². The molecule has 1 aromatic rings. The molecule has 0 amide bonds. The van der Waals surface area contributed by atoms with Gasteiger partial charge in [0.25, 0.3) is 0 Å². The molecule has 104 valence electrons. The molecule has 1 aromatic carbocycles. The van der Waals surface area contributed by atoms with Crippen LogP contribution < -0.4 is 5.73 Å². The lowest BCUT2D eigenvalue weighted by atomic mass is 9.18. The van der Waals surface area contributed by atoms with Crippen molar-refractivity contribution >= 4 is 64.5 Å². The number of Topliss-reactive ketones (excluding diaryl/α,β-unsaturated/α-hetero) is 1. The van der Waals surface area contributed by atoms with Gasteiger partial charge in [0.05, 0.1) is 21.2 Å². The van der Waals surface area contributed by atoms with Crippen LogP contribution in [-0.2, 0) is 10.3 Å². The monoisotopic (exact) mass is 295 g/mol. The molecule has 1 aliphatic carbocycles. The summed E-state index contributed by atoms with van der Waals surface area (Å²) in [6, 6.07) is 7.45. The van der Waals surface area contributed by atoms with Gasteiger partial charge in [-0.3, -0.25) is 4.79 Å². The molecular weight excluding hydrogens is 274 g/mol. The van der Waals surface area contributed by atoms with Gasteiger partial charge in [0.15, 0.2) is 0 Å². The molecule has 0 saturated heterocycles. The molecule has 2 N–H and O–H groups in total. The van der Waals surface area contributed by atoms with E-state index in [0.29, 0.717) is 5.02 Å². The number of rotatable bonds is 1. The van der Waals surface area contributed by atoms with Gasteiger partial charge in [-0.05, 0) is 16.8 Å². The summed E-state index contributed by atoms with van der Waals surface area (Å²) in [6.07, 6.45) is 0.862. The van der Waals surface area contributed by atoms with Crippen LogP contribution in [-0.4, -0.2) is 52.9 Å². The van der Waals surface area contributed by atoms with Crippen molar-refractivity contribution in [3.8, 4) is 0 Å². The van der Waals surface area contributed by atoms with Crippen molar-refractivity contribution in [3.63, 3.8) is 0 Å². The van der Waals surface area contributed by atoms with Crippen molar-refractivity contribution < 1.29 is 4.79 Å². The van der Waals surface area contributed by atoms with Crippen molar-refractivity contribution in [2.24, 2.45) is 5.73 Å². The van der Waals surface area contributed by atoms with Crippen molar-refractivity contribution in [1.82, 2.24) is 0 Å². The standard InChI is InChI=1S/C12H20B6ClNO/c13-9(14)5-10(15,16)12(17,18)8(21)11(9,20)6-3-1-2-4-7(6)19/h1-4H,5,13-18,20H2. The Hall–Kier alpha value is -0.470. The average Bonchev–Trinajstić information content (AvgIpc) is 2.34. The van der Waals surface area contributed by atoms with E-state index in [0.717, 1.165) is 12.0 Å². The zero-order valence-corrected chi connectivity index (χ0v) is 14.6. The third-order valence-electron chi connectivity index (χ3n) is 5.87. The van der Waals surface area contributed by atoms with Crippen LogP contribution in [0.4, 0.5) is 0 Å². The second kappa shape index (κ2) is 4.76. The highest BCUT2D eigenvalue weighted by molar-refractivity contribution is 6.64. The van der Waals surface area contributed by atoms with E-state index in [9.17, 15) is 4.79 Å². The first-order valence-corrected chi connectivity index (χ1v) is 7.84. The lowest BCUT2D eigenvalue weighted by Gasteiger charge is -2.60. The molecule has 1 saturated carbocycles. The minimum absolute atomic E-state index is 0.0735. The van der Waals surface area contributed by atoms with Crippen LogP contribution in [0, 0.1) is 0 Å². The van der Waals surface area contributed by atoms with E-state index in [-0.39, 0.29) is 16.2 Å². The van der Waals surface area contributed by atoms with E-state index in [4.69, 9.17) is 17.3 Å². The van der Waals surface area contributed by atoms with Gasteiger partial charge in [-0.25, -0.2) is 0 Å². The zero-order chi connectivity index (χ0) is 16.3. The molecule has 9 heteroatoms. The molecule has 1 atom stereocenters. The Morgan fingerprint density at radius 3 is 2.05 bits per heavy atom. The van der Waals surface area contributed by atoms with Gasteiger partial charge in [-0.15, -0.1) is 0 Å². The second-order valence-corrected chi connectivity index (χ2v) is 8.59. The fourth-order valence-corrected chi connectivity index (χ4v) is 4.13. The highest BCUT2D eigenvalue weighted by atomic mass is 35.5. The smallest absolute Gasteiger partial charge is 0.146 e. The number of hydrogen-bond donors (Lipinski definition) is 1. The summed E-state index contributed by atoms with van der Waals surface area (Å²) in [5.74, 6) is 0.0735. The van der Waals surface area contributed by atoms with Crippen LogP contribution in [0.5, 0.6) is 0 Å². The molecular formula is C12H20B6ClNO. The van der Waals surface area contributed by atoms with Crippen molar-refractivity contribution in [2.45, 2.75) is 27.6 Å². The summed E-state index contributed by atoms with van der Waals surface area (Å²) in [6.45, 7) is 0. The molecule has 1 fully saturated rings.